The van der Waals surface area contributed by atoms with Gasteiger partial charge in [-0.2, -0.15) is 5.10 Å². The average Bonchev–Trinajstić information content (AvgIpc) is 3.19. The Bertz CT molecular complexity index is 1340. The number of piperidine rings is 1. The van der Waals surface area contributed by atoms with Gasteiger partial charge in [0.25, 0.3) is 5.56 Å². The highest BCUT2D eigenvalue weighted by atomic mass is 16.2. The summed E-state index contributed by atoms with van der Waals surface area (Å²) < 4.78 is 3.18. The number of fused-ring (bicyclic) bond motifs is 1. The molecule has 32 heavy (non-hydrogen) atoms. The van der Waals surface area contributed by atoms with Gasteiger partial charge < -0.3 is 0 Å². The number of H-pyrrole nitrogens is 1. The molecule has 2 atom stereocenters. The van der Waals surface area contributed by atoms with Crippen LogP contribution in [0.1, 0.15) is 30.9 Å². The highest BCUT2D eigenvalue weighted by molar-refractivity contribution is 5.64. The normalized spacial score (nSPS) is 19.4. The van der Waals surface area contributed by atoms with Gasteiger partial charge in [0.15, 0.2) is 0 Å². The third-order valence-corrected chi connectivity index (χ3v) is 6.40. The molecule has 1 fully saturated rings. The van der Waals surface area contributed by atoms with Crippen molar-refractivity contribution in [2.45, 2.75) is 38.8 Å². The number of pyridine rings is 2. The van der Waals surface area contributed by atoms with Crippen LogP contribution >= 0.6 is 0 Å². The van der Waals surface area contributed by atoms with Crippen molar-refractivity contribution in [1.29, 1.82) is 0 Å². The summed E-state index contributed by atoms with van der Waals surface area (Å²) in [7, 11) is 0. The van der Waals surface area contributed by atoms with Gasteiger partial charge in [-0.25, -0.2) is 9.31 Å². The second kappa shape index (κ2) is 8.55. The lowest BCUT2D eigenvalue weighted by molar-refractivity contribution is 0.115. The molecule has 164 valence electrons. The molecule has 0 bridgehead atoms. The Morgan fingerprint density at radius 3 is 2.81 bits per heavy atom. The number of aromatic nitrogens is 5. The zero-order chi connectivity index (χ0) is 22.1. The van der Waals surface area contributed by atoms with Gasteiger partial charge in [-0.3, -0.25) is 24.2 Å². The standard InChI is InChI=1S/C24H26N6O2/c1-17-11-18(4-8-28(17)16-20-3-2-7-25-14-20)12-19-5-10-30-21(13-19)22(15-26-30)29-9-6-23(31)27-24(29)32/h2-3,5-7,9-10,13-15,17-18H,4,8,11-12,16H2,1H3,(H,27,31,32)/t17-,18+/m0/s1. The summed E-state index contributed by atoms with van der Waals surface area (Å²) in [6.07, 6.45) is 12.1. The van der Waals surface area contributed by atoms with E-state index in [2.05, 4.69) is 45.1 Å². The summed E-state index contributed by atoms with van der Waals surface area (Å²) in [5.74, 6) is 0.611. The van der Waals surface area contributed by atoms with E-state index in [4.69, 9.17) is 0 Å². The van der Waals surface area contributed by atoms with Gasteiger partial charge in [-0.05, 0) is 68.0 Å². The van der Waals surface area contributed by atoms with E-state index in [0.717, 1.165) is 37.9 Å². The van der Waals surface area contributed by atoms with Gasteiger partial charge in [-0.15, -0.1) is 0 Å². The number of hydrogen-bond acceptors (Lipinski definition) is 5. The number of hydrogen-bond donors (Lipinski definition) is 1. The molecule has 4 aromatic heterocycles. The molecule has 1 N–H and O–H groups in total. The second-order valence-electron chi connectivity index (χ2n) is 8.65. The van der Waals surface area contributed by atoms with Crippen LogP contribution in [-0.2, 0) is 13.0 Å². The predicted octanol–water partition coefficient (Wildman–Crippen LogP) is 2.41. The molecule has 0 aromatic carbocycles. The Kier molecular flexibility index (Phi) is 5.45. The van der Waals surface area contributed by atoms with E-state index < -0.39 is 11.2 Å². The second-order valence-corrected chi connectivity index (χ2v) is 8.65. The number of likely N-dealkylation sites (tertiary alicyclic amines) is 1. The van der Waals surface area contributed by atoms with Crippen LogP contribution in [0.4, 0.5) is 0 Å². The molecule has 0 amide bonds. The van der Waals surface area contributed by atoms with Crippen molar-refractivity contribution in [2.75, 3.05) is 6.54 Å². The van der Waals surface area contributed by atoms with Crippen molar-refractivity contribution >= 4 is 5.52 Å². The van der Waals surface area contributed by atoms with E-state index >= 15 is 0 Å². The Morgan fingerprint density at radius 1 is 1.12 bits per heavy atom. The van der Waals surface area contributed by atoms with Crippen LogP contribution in [0.5, 0.6) is 0 Å². The van der Waals surface area contributed by atoms with Crippen molar-refractivity contribution in [2.24, 2.45) is 5.92 Å². The van der Waals surface area contributed by atoms with Crippen LogP contribution in [0.2, 0.25) is 0 Å². The monoisotopic (exact) mass is 430 g/mol. The molecule has 1 saturated heterocycles. The summed E-state index contributed by atoms with van der Waals surface area (Å²) in [4.78, 5) is 32.7. The van der Waals surface area contributed by atoms with Gasteiger partial charge in [-0.1, -0.05) is 6.07 Å². The molecular weight excluding hydrogens is 404 g/mol. The number of nitrogens with zero attached hydrogens (tertiary/aromatic N) is 5. The highest BCUT2D eigenvalue weighted by Gasteiger charge is 2.25. The minimum atomic E-state index is -0.465. The molecule has 0 radical (unpaired) electrons. The molecule has 1 aliphatic rings. The van der Waals surface area contributed by atoms with Crippen LogP contribution < -0.4 is 11.2 Å². The SMILES string of the molecule is C[C@H]1C[C@H](Cc2ccn3ncc(-n4ccc(=O)[nH]c4=O)c3c2)CCN1Cc1cccnc1. The quantitative estimate of drug-likeness (QED) is 0.525. The largest absolute Gasteiger partial charge is 0.333 e. The maximum absolute atomic E-state index is 12.2. The molecule has 0 aliphatic carbocycles. The van der Waals surface area contributed by atoms with E-state index in [1.54, 1.807) is 10.7 Å². The lowest BCUT2D eigenvalue weighted by atomic mass is 9.86. The smallest absolute Gasteiger partial charge is 0.296 e. The lowest BCUT2D eigenvalue weighted by Crippen LogP contribution is -2.40. The number of aromatic amines is 1. The van der Waals surface area contributed by atoms with E-state index in [1.807, 2.05) is 24.7 Å². The molecule has 8 heteroatoms. The van der Waals surface area contributed by atoms with E-state index in [-0.39, 0.29) is 0 Å². The van der Waals surface area contributed by atoms with Crippen LogP contribution in [0, 0.1) is 5.92 Å². The molecule has 5 rings (SSSR count). The first-order valence-corrected chi connectivity index (χ1v) is 11.0. The highest BCUT2D eigenvalue weighted by Crippen LogP contribution is 2.28. The summed E-state index contributed by atoms with van der Waals surface area (Å²) in [6, 6.07) is 10.2. The topological polar surface area (TPSA) is 88.3 Å². The van der Waals surface area contributed by atoms with E-state index in [1.165, 1.54) is 28.0 Å². The summed E-state index contributed by atoms with van der Waals surface area (Å²) in [6.45, 7) is 4.33. The molecule has 8 nitrogen and oxygen atoms in total. The molecule has 0 unspecified atom stereocenters. The lowest BCUT2D eigenvalue weighted by Gasteiger charge is -2.37. The zero-order valence-corrected chi connectivity index (χ0v) is 18.0. The first-order chi connectivity index (χ1) is 15.6. The minimum absolute atomic E-state index is 0.410. The van der Waals surface area contributed by atoms with Crippen molar-refractivity contribution in [3.63, 3.8) is 0 Å². The number of nitrogens with one attached hydrogen (secondary N) is 1. The molecular formula is C24H26N6O2. The summed E-state index contributed by atoms with van der Waals surface area (Å²) in [5, 5.41) is 4.36. The Balaban J connectivity index is 1.32. The zero-order valence-electron chi connectivity index (χ0n) is 18.0. The third kappa shape index (κ3) is 4.13. The van der Waals surface area contributed by atoms with Gasteiger partial charge in [0.2, 0.25) is 0 Å². The fraction of sp³-hybridized carbons (Fsp3) is 0.333. The fourth-order valence-electron chi connectivity index (χ4n) is 4.73. The fourth-order valence-corrected chi connectivity index (χ4v) is 4.73. The predicted molar refractivity (Wildman–Crippen MR) is 122 cm³/mol. The van der Waals surface area contributed by atoms with Gasteiger partial charge in [0.05, 0.1) is 17.4 Å². The van der Waals surface area contributed by atoms with Crippen LogP contribution in [0.25, 0.3) is 11.2 Å². The van der Waals surface area contributed by atoms with Crippen LogP contribution in [-0.4, -0.2) is 41.6 Å². The van der Waals surface area contributed by atoms with E-state index in [9.17, 15) is 9.59 Å². The van der Waals surface area contributed by atoms with Gasteiger partial charge in [0.1, 0.15) is 0 Å². The molecule has 0 saturated carbocycles. The molecule has 5 heterocycles. The van der Waals surface area contributed by atoms with Gasteiger partial charge in [0, 0.05) is 43.4 Å². The Hall–Kier alpha value is -3.52. The van der Waals surface area contributed by atoms with Crippen LogP contribution in [0.3, 0.4) is 0 Å². The Labute approximate surface area is 185 Å². The maximum atomic E-state index is 12.2. The van der Waals surface area contributed by atoms with Crippen LogP contribution in [0.15, 0.2) is 70.9 Å². The average molecular weight is 431 g/mol. The Morgan fingerprint density at radius 2 is 2.03 bits per heavy atom. The molecule has 1 aliphatic heterocycles. The first kappa shape index (κ1) is 20.4. The van der Waals surface area contributed by atoms with E-state index in [0.29, 0.717) is 17.6 Å². The maximum Gasteiger partial charge on any atom is 0.333 e. The minimum Gasteiger partial charge on any atom is -0.296 e. The van der Waals surface area contributed by atoms with Crippen molar-refractivity contribution in [3.8, 4) is 5.69 Å². The molecule has 4 aromatic rings. The summed E-state index contributed by atoms with van der Waals surface area (Å²) in [5.41, 5.74) is 3.12. The number of rotatable bonds is 5. The van der Waals surface area contributed by atoms with Crippen molar-refractivity contribution in [1.82, 2.24) is 29.0 Å². The van der Waals surface area contributed by atoms with Crippen molar-refractivity contribution in [3.05, 3.63) is 93.3 Å². The first-order valence-electron chi connectivity index (χ1n) is 11.0. The molecule has 0 spiro atoms. The van der Waals surface area contributed by atoms with Crippen molar-refractivity contribution < 1.29 is 0 Å². The van der Waals surface area contributed by atoms with Gasteiger partial charge >= 0.3 is 5.69 Å². The summed E-state index contributed by atoms with van der Waals surface area (Å²) >= 11 is 0. The third-order valence-electron chi connectivity index (χ3n) is 6.40.